The Morgan fingerprint density at radius 2 is 1.95 bits per heavy atom. The summed E-state index contributed by atoms with van der Waals surface area (Å²) in [5.74, 6) is 0.907. The van der Waals surface area contributed by atoms with Crippen molar-refractivity contribution in [2.45, 2.75) is 26.3 Å². The minimum atomic E-state index is 0.0892. The van der Waals surface area contributed by atoms with Crippen LogP contribution in [0.15, 0.2) is 43.0 Å². The van der Waals surface area contributed by atoms with Crippen LogP contribution >= 0.6 is 0 Å². The van der Waals surface area contributed by atoms with Crippen LogP contribution in [-0.4, -0.2) is 23.1 Å². The van der Waals surface area contributed by atoms with Gasteiger partial charge in [-0.15, -0.1) is 0 Å². The number of nitrogens with one attached hydrogen (secondary N) is 1. The van der Waals surface area contributed by atoms with Gasteiger partial charge in [0.15, 0.2) is 0 Å². The van der Waals surface area contributed by atoms with Gasteiger partial charge in [-0.1, -0.05) is 26.0 Å². The van der Waals surface area contributed by atoms with E-state index < -0.39 is 0 Å². The van der Waals surface area contributed by atoms with Gasteiger partial charge < -0.3 is 10.1 Å². The van der Waals surface area contributed by atoms with E-state index in [1.165, 1.54) is 0 Å². The van der Waals surface area contributed by atoms with Crippen molar-refractivity contribution in [3.05, 3.63) is 54.1 Å². The minimum absolute atomic E-state index is 0.0892. The molecule has 0 saturated carbocycles. The number of ether oxygens (including phenoxy) is 1. The van der Waals surface area contributed by atoms with E-state index in [9.17, 15) is 0 Å². The Bertz CT molecular complexity index is 516. The molecular formula is C16H21N3O. The Hall–Kier alpha value is -1.94. The van der Waals surface area contributed by atoms with E-state index in [4.69, 9.17) is 4.74 Å². The zero-order valence-electron chi connectivity index (χ0n) is 12.0. The van der Waals surface area contributed by atoms with Gasteiger partial charge in [0.2, 0.25) is 0 Å². The van der Waals surface area contributed by atoms with Gasteiger partial charge >= 0.3 is 0 Å². The summed E-state index contributed by atoms with van der Waals surface area (Å²) in [4.78, 5) is 8.21. The molecule has 2 rings (SSSR count). The first kappa shape index (κ1) is 14.5. The maximum absolute atomic E-state index is 5.70. The van der Waals surface area contributed by atoms with Crippen LogP contribution in [0.2, 0.25) is 0 Å². The summed E-state index contributed by atoms with van der Waals surface area (Å²) < 4.78 is 5.70. The highest BCUT2D eigenvalue weighted by atomic mass is 16.5. The third kappa shape index (κ3) is 3.78. The van der Waals surface area contributed by atoms with Crippen molar-refractivity contribution in [2.75, 3.05) is 13.2 Å². The molecule has 1 N–H and O–H groups in total. The molecular weight excluding hydrogens is 250 g/mol. The molecule has 4 heteroatoms. The fourth-order valence-corrected chi connectivity index (χ4v) is 2.10. The number of aromatic nitrogens is 2. The summed E-state index contributed by atoms with van der Waals surface area (Å²) in [5.41, 5.74) is 2.22. The first-order valence-electron chi connectivity index (χ1n) is 7.06. The van der Waals surface area contributed by atoms with Crippen LogP contribution in [0.5, 0.6) is 5.75 Å². The molecule has 0 saturated heterocycles. The first-order valence-corrected chi connectivity index (χ1v) is 7.06. The second kappa shape index (κ2) is 7.60. The molecule has 0 aliphatic heterocycles. The smallest absolute Gasteiger partial charge is 0.119 e. The van der Waals surface area contributed by atoms with E-state index >= 15 is 0 Å². The van der Waals surface area contributed by atoms with Crippen LogP contribution in [0.3, 0.4) is 0 Å². The lowest BCUT2D eigenvalue weighted by Crippen LogP contribution is -2.22. The summed E-state index contributed by atoms with van der Waals surface area (Å²) >= 11 is 0. The number of nitrogens with zero attached hydrogens (tertiary/aromatic N) is 2. The fraction of sp³-hybridized carbons (Fsp3) is 0.375. The lowest BCUT2D eigenvalue weighted by molar-refractivity contribution is 0.317. The number of hydrogen-bond acceptors (Lipinski definition) is 4. The largest absolute Gasteiger partial charge is 0.494 e. The third-order valence-corrected chi connectivity index (χ3v) is 2.99. The molecule has 1 aromatic heterocycles. The summed E-state index contributed by atoms with van der Waals surface area (Å²) in [7, 11) is 0. The SMILES string of the molecule is CCCOc1cccc(C(NCC)c2cncnc2)c1. The molecule has 1 atom stereocenters. The zero-order chi connectivity index (χ0) is 14.2. The molecule has 0 fully saturated rings. The van der Waals surface area contributed by atoms with Gasteiger partial charge in [0.25, 0.3) is 0 Å². The van der Waals surface area contributed by atoms with Crippen molar-refractivity contribution < 1.29 is 4.74 Å². The molecule has 0 bridgehead atoms. The molecule has 4 nitrogen and oxygen atoms in total. The molecule has 1 unspecified atom stereocenters. The molecule has 1 heterocycles. The van der Waals surface area contributed by atoms with Crippen LogP contribution in [-0.2, 0) is 0 Å². The quantitative estimate of drug-likeness (QED) is 0.841. The van der Waals surface area contributed by atoms with Crippen LogP contribution in [0.4, 0.5) is 0 Å². The van der Waals surface area contributed by atoms with Gasteiger partial charge in [-0.25, -0.2) is 9.97 Å². The first-order chi connectivity index (χ1) is 9.85. The van der Waals surface area contributed by atoms with Crippen LogP contribution in [0.25, 0.3) is 0 Å². The van der Waals surface area contributed by atoms with Gasteiger partial charge in [-0.05, 0) is 30.7 Å². The molecule has 106 valence electrons. The highest BCUT2D eigenvalue weighted by molar-refractivity contribution is 5.35. The predicted octanol–water partition coefficient (Wildman–Crippen LogP) is 2.96. The van der Waals surface area contributed by atoms with Crippen LogP contribution < -0.4 is 10.1 Å². The lowest BCUT2D eigenvalue weighted by Gasteiger charge is -2.19. The van der Waals surface area contributed by atoms with Crippen molar-refractivity contribution >= 4 is 0 Å². The average molecular weight is 271 g/mol. The van der Waals surface area contributed by atoms with Gasteiger partial charge in [0, 0.05) is 18.0 Å². The highest BCUT2D eigenvalue weighted by Crippen LogP contribution is 2.24. The minimum Gasteiger partial charge on any atom is -0.494 e. The van der Waals surface area contributed by atoms with Gasteiger partial charge in [0.05, 0.1) is 12.6 Å². The van der Waals surface area contributed by atoms with Crippen LogP contribution in [0.1, 0.15) is 37.4 Å². The van der Waals surface area contributed by atoms with Gasteiger partial charge in [-0.2, -0.15) is 0 Å². The summed E-state index contributed by atoms with van der Waals surface area (Å²) in [6, 6.07) is 8.28. The van der Waals surface area contributed by atoms with Crippen LogP contribution in [0, 0.1) is 0 Å². The third-order valence-electron chi connectivity index (χ3n) is 2.99. The fourth-order valence-electron chi connectivity index (χ4n) is 2.10. The van der Waals surface area contributed by atoms with Crippen molar-refractivity contribution in [3.8, 4) is 5.75 Å². The summed E-state index contributed by atoms with van der Waals surface area (Å²) in [6.45, 7) is 5.81. The Balaban J connectivity index is 2.25. The van der Waals surface area contributed by atoms with Gasteiger partial charge in [-0.3, -0.25) is 0 Å². The molecule has 0 aliphatic rings. The Morgan fingerprint density at radius 3 is 2.65 bits per heavy atom. The maximum Gasteiger partial charge on any atom is 0.119 e. The van der Waals surface area contributed by atoms with Crippen molar-refractivity contribution in [2.24, 2.45) is 0 Å². The van der Waals surface area contributed by atoms with E-state index in [0.29, 0.717) is 0 Å². The second-order valence-electron chi connectivity index (χ2n) is 4.58. The van der Waals surface area contributed by atoms with Gasteiger partial charge in [0.1, 0.15) is 12.1 Å². The molecule has 0 radical (unpaired) electrons. The van der Waals surface area contributed by atoms with Crippen molar-refractivity contribution in [1.82, 2.24) is 15.3 Å². The van der Waals surface area contributed by atoms with E-state index in [1.54, 1.807) is 6.33 Å². The normalized spacial score (nSPS) is 12.1. The van der Waals surface area contributed by atoms with E-state index in [2.05, 4.69) is 41.3 Å². The molecule has 20 heavy (non-hydrogen) atoms. The molecule has 0 amide bonds. The molecule has 1 aromatic carbocycles. The number of hydrogen-bond donors (Lipinski definition) is 1. The molecule has 2 aromatic rings. The average Bonchev–Trinajstić information content (AvgIpc) is 2.52. The highest BCUT2D eigenvalue weighted by Gasteiger charge is 2.14. The van der Waals surface area contributed by atoms with Crippen molar-refractivity contribution in [1.29, 1.82) is 0 Å². The standard InChI is InChI=1S/C16H21N3O/c1-3-8-20-15-7-5-6-13(9-15)16(19-4-2)14-10-17-12-18-11-14/h5-7,9-12,16,19H,3-4,8H2,1-2H3. The Kier molecular flexibility index (Phi) is 5.50. The lowest BCUT2D eigenvalue weighted by atomic mass is 10.0. The Morgan fingerprint density at radius 1 is 1.15 bits per heavy atom. The topological polar surface area (TPSA) is 47.0 Å². The Labute approximate surface area is 120 Å². The van der Waals surface area contributed by atoms with Crippen molar-refractivity contribution in [3.63, 3.8) is 0 Å². The predicted molar refractivity (Wildman–Crippen MR) is 79.8 cm³/mol. The van der Waals surface area contributed by atoms with E-state index in [0.717, 1.165) is 36.4 Å². The van der Waals surface area contributed by atoms with E-state index in [-0.39, 0.29) is 6.04 Å². The molecule has 0 spiro atoms. The van der Waals surface area contributed by atoms with E-state index in [1.807, 2.05) is 24.5 Å². The zero-order valence-corrected chi connectivity index (χ0v) is 12.0. The second-order valence-corrected chi connectivity index (χ2v) is 4.58. The number of benzene rings is 1. The monoisotopic (exact) mass is 271 g/mol. The maximum atomic E-state index is 5.70. The summed E-state index contributed by atoms with van der Waals surface area (Å²) in [5, 5.41) is 3.46. The number of rotatable bonds is 7. The molecule has 0 aliphatic carbocycles. The summed E-state index contributed by atoms with van der Waals surface area (Å²) in [6.07, 6.45) is 6.25.